The molecule has 0 spiro atoms. The second kappa shape index (κ2) is 6.45. The standard InChI is InChI=1S/C17H18N4O3S/c1-24-12-3-2-11(6-18-12)15-14-13(16(23)20-9-19-14)17(25-15)21-5-4-10(7-21)8-22/h2-3,6,9-10,22H,4-5,7-8H2,1H3,(H,19,20,23). The molecule has 0 saturated carbocycles. The van der Waals surface area contributed by atoms with Crippen LogP contribution in [0.2, 0.25) is 0 Å². The fourth-order valence-electron chi connectivity index (χ4n) is 3.19. The van der Waals surface area contributed by atoms with Gasteiger partial charge in [0, 0.05) is 43.4 Å². The molecule has 1 aliphatic rings. The number of aliphatic hydroxyl groups excluding tert-OH is 1. The summed E-state index contributed by atoms with van der Waals surface area (Å²) in [5.41, 5.74) is 1.44. The minimum absolute atomic E-state index is 0.142. The summed E-state index contributed by atoms with van der Waals surface area (Å²) in [5.74, 6) is 0.792. The Labute approximate surface area is 147 Å². The third kappa shape index (κ3) is 2.77. The molecule has 0 aromatic carbocycles. The predicted octanol–water partition coefficient (Wildman–Crippen LogP) is 1.87. The molecule has 1 saturated heterocycles. The Balaban J connectivity index is 1.85. The molecule has 1 unspecified atom stereocenters. The molecule has 3 aromatic heterocycles. The third-order valence-corrected chi connectivity index (χ3v) is 5.81. The fourth-order valence-corrected chi connectivity index (χ4v) is 4.46. The molecule has 0 aliphatic carbocycles. The number of nitrogens with one attached hydrogen (secondary N) is 1. The molecule has 1 fully saturated rings. The van der Waals surface area contributed by atoms with Crippen LogP contribution in [0.5, 0.6) is 5.88 Å². The van der Waals surface area contributed by atoms with E-state index in [0.29, 0.717) is 16.8 Å². The Bertz CT molecular complexity index is 951. The molecule has 130 valence electrons. The molecular weight excluding hydrogens is 340 g/mol. The van der Waals surface area contributed by atoms with Gasteiger partial charge in [-0.05, 0) is 12.5 Å². The first-order chi connectivity index (χ1) is 12.2. The number of anilines is 1. The number of nitrogens with zero attached hydrogens (tertiary/aromatic N) is 3. The summed E-state index contributed by atoms with van der Waals surface area (Å²) in [4.78, 5) is 26.9. The zero-order valence-electron chi connectivity index (χ0n) is 13.7. The van der Waals surface area contributed by atoms with E-state index >= 15 is 0 Å². The van der Waals surface area contributed by atoms with E-state index in [1.165, 1.54) is 6.33 Å². The Hall–Kier alpha value is -2.45. The van der Waals surface area contributed by atoms with Gasteiger partial charge in [0.25, 0.3) is 5.56 Å². The Morgan fingerprint density at radius 2 is 2.32 bits per heavy atom. The molecule has 1 atom stereocenters. The molecule has 0 bridgehead atoms. The Kier molecular flexibility index (Phi) is 4.14. The van der Waals surface area contributed by atoms with Crippen LogP contribution in [0.1, 0.15) is 6.42 Å². The summed E-state index contributed by atoms with van der Waals surface area (Å²) in [6, 6.07) is 3.72. The SMILES string of the molecule is COc1ccc(-c2sc(N3CCC(CO)C3)c3c(=O)[nH]cnc23)cn1. The van der Waals surface area contributed by atoms with Crippen molar-refractivity contribution in [3.63, 3.8) is 0 Å². The van der Waals surface area contributed by atoms with E-state index in [-0.39, 0.29) is 18.1 Å². The van der Waals surface area contributed by atoms with Gasteiger partial charge in [0.2, 0.25) is 5.88 Å². The van der Waals surface area contributed by atoms with Crippen LogP contribution in [0.3, 0.4) is 0 Å². The van der Waals surface area contributed by atoms with Crippen LogP contribution in [0, 0.1) is 5.92 Å². The van der Waals surface area contributed by atoms with Gasteiger partial charge in [-0.15, -0.1) is 11.3 Å². The number of rotatable bonds is 4. The highest BCUT2D eigenvalue weighted by Gasteiger charge is 2.27. The van der Waals surface area contributed by atoms with Crippen molar-refractivity contribution in [3.8, 4) is 16.3 Å². The zero-order valence-corrected chi connectivity index (χ0v) is 14.5. The van der Waals surface area contributed by atoms with E-state index < -0.39 is 0 Å². The molecule has 0 radical (unpaired) electrons. The highest BCUT2D eigenvalue weighted by molar-refractivity contribution is 7.21. The van der Waals surface area contributed by atoms with Crippen molar-refractivity contribution in [2.24, 2.45) is 5.92 Å². The molecule has 0 amide bonds. The van der Waals surface area contributed by atoms with Crippen LogP contribution in [0.25, 0.3) is 21.3 Å². The van der Waals surface area contributed by atoms with Gasteiger partial charge in [-0.3, -0.25) is 4.79 Å². The van der Waals surface area contributed by atoms with Crippen LogP contribution >= 0.6 is 11.3 Å². The van der Waals surface area contributed by atoms with Crippen molar-refractivity contribution in [2.75, 3.05) is 31.7 Å². The monoisotopic (exact) mass is 358 g/mol. The van der Waals surface area contributed by atoms with Gasteiger partial charge in [0.15, 0.2) is 0 Å². The number of thiophene rings is 1. The van der Waals surface area contributed by atoms with E-state index in [9.17, 15) is 9.90 Å². The second-order valence-corrected chi connectivity index (χ2v) is 7.06. The van der Waals surface area contributed by atoms with Crippen molar-refractivity contribution >= 4 is 27.2 Å². The molecule has 2 N–H and O–H groups in total. The summed E-state index contributed by atoms with van der Waals surface area (Å²) < 4.78 is 5.11. The zero-order chi connectivity index (χ0) is 17.4. The van der Waals surface area contributed by atoms with Gasteiger partial charge in [-0.1, -0.05) is 0 Å². The van der Waals surface area contributed by atoms with Gasteiger partial charge in [-0.2, -0.15) is 0 Å². The van der Waals surface area contributed by atoms with E-state index in [4.69, 9.17) is 4.74 Å². The normalized spacial score (nSPS) is 17.4. The van der Waals surface area contributed by atoms with Crippen LogP contribution in [-0.2, 0) is 0 Å². The number of aromatic amines is 1. The van der Waals surface area contributed by atoms with Crippen LogP contribution in [0.4, 0.5) is 5.00 Å². The van der Waals surface area contributed by atoms with Gasteiger partial charge in [0.1, 0.15) is 10.4 Å². The van der Waals surface area contributed by atoms with E-state index in [2.05, 4.69) is 19.9 Å². The third-order valence-electron chi connectivity index (χ3n) is 4.52. The topological polar surface area (TPSA) is 91.3 Å². The van der Waals surface area contributed by atoms with E-state index in [0.717, 1.165) is 35.0 Å². The Morgan fingerprint density at radius 1 is 1.44 bits per heavy atom. The number of aliphatic hydroxyl groups is 1. The lowest BCUT2D eigenvalue weighted by atomic mass is 10.1. The summed E-state index contributed by atoms with van der Waals surface area (Å²) in [7, 11) is 1.58. The maximum atomic E-state index is 12.5. The summed E-state index contributed by atoms with van der Waals surface area (Å²) in [6.07, 6.45) is 4.09. The van der Waals surface area contributed by atoms with Gasteiger partial charge < -0.3 is 19.7 Å². The summed E-state index contributed by atoms with van der Waals surface area (Å²) in [5, 5.41) is 10.9. The summed E-state index contributed by atoms with van der Waals surface area (Å²) in [6.45, 7) is 1.75. The Morgan fingerprint density at radius 3 is 3.00 bits per heavy atom. The molecule has 25 heavy (non-hydrogen) atoms. The minimum Gasteiger partial charge on any atom is -0.481 e. The van der Waals surface area contributed by atoms with Crippen LogP contribution < -0.4 is 15.2 Å². The number of H-pyrrole nitrogens is 1. The van der Waals surface area contributed by atoms with Crippen molar-refractivity contribution in [1.82, 2.24) is 15.0 Å². The van der Waals surface area contributed by atoms with E-state index in [1.807, 2.05) is 6.07 Å². The molecule has 7 nitrogen and oxygen atoms in total. The molecule has 3 aromatic rings. The molecule has 4 heterocycles. The molecule has 4 rings (SSSR count). The molecule has 1 aliphatic heterocycles. The van der Waals surface area contributed by atoms with Gasteiger partial charge in [-0.25, -0.2) is 9.97 Å². The average Bonchev–Trinajstić information content (AvgIpc) is 3.27. The first-order valence-corrected chi connectivity index (χ1v) is 8.89. The molecule has 8 heteroatoms. The van der Waals surface area contributed by atoms with Crippen molar-refractivity contribution < 1.29 is 9.84 Å². The first-order valence-electron chi connectivity index (χ1n) is 8.07. The first kappa shape index (κ1) is 16.0. The van der Waals surface area contributed by atoms with Crippen molar-refractivity contribution in [1.29, 1.82) is 0 Å². The molecular formula is C17H18N4O3S. The quantitative estimate of drug-likeness (QED) is 0.740. The maximum absolute atomic E-state index is 12.5. The minimum atomic E-state index is -0.142. The lowest BCUT2D eigenvalue weighted by Crippen LogP contribution is -2.21. The number of aromatic nitrogens is 3. The van der Waals surface area contributed by atoms with Gasteiger partial charge >= 0.3 is 0 Å². The van der Waals surface area contributed by atoms with Gasteiger partial charge in [0.05, 0.1) is 23.8 Å². The maximum Gasteiger partial charge on any atom is 0.261 e. The van der Waals surface area contributed by atoms with Crippen LogP contribution in [-0.4, -0.2) is 46.9 Å². The van der Waals surface area contributed by atoms with E-state index in [1.54, 1.807) is 30.7 Å². The second-order valence-electron chi connectivity index (χ2n) is 6.06. The van der Waals surface area contributed by atoms with Crippen LogP contribution in [0.15, 0.2) is 29.5 Å². The summed E-state index contributed by atoms with van der Waals surface area (Å²) >= 11 is 1.54. The van der Waals surface area contributed by atoms with Crippen molar-refractivity contribution in [2.45, 2.75) is 6.42 Å². The highest BCUT2D eigenvalue weighted by Crippen LogP contribution is 2.42. The largest absolute Gasteiger partial charge is 0.481 e. The lowest BCUT2D eigenvalue weighted by Gasteiger charge is -2.16. The number of ether oxygens (including phenoxy) is 1. The fraction of sp³-hybridized carbons (Fsp3) is 0.353. The highest BCUT2D eigenvalue weighted by atomic mass is 32.1. The number of methoxy groups -OCH3 is 1. The average molecular weight is 358 g/mol. The van der Waals surface area contributed by atoms with Crippen molar-refractivity contribution in [3.05, 3.63) is 35.0 Å². The number of hydrogen-bond acceptors (Lipinski definition) is 7. The lowest BCUT2D eigenvalue weighted by molar-refractivity contribution is 0.239. The number of hydrogen-bond donors (Lipinski definition) is 2. The number of pyridine rings is 1. The smallest absolute Gasteiger partial charge is 0.261 e. The predicted molar refractivity (Wildman–Crippen MR) is 97.4 cm³/mol. The number of fused-ring (bicyclic) bond motifs is 1.